The zero-order valence-corrected chi connectivity index (χ0v) is 14.0. The van der Waals surface area contributed by atoms with E-state index in [2.05, 4.69) is 5.32 Å². The normalized spacial score (nSPS) is 11.0. The van der Waals surface area contributed by atoms with Crippen LogP contribution in [0.15, 0.2) is 48.5 Å². The third-order valence-electron chi connectivity index (χ3n) is 2.90. The van der Waals surface area contributed by atoms with Gasteiger partial charge in [-0.25, -0.2) is 4.79 Å². The van der Waals surface area contributed by atoms with Crippen LogP contribution in [0.25, 0.3) is 0 Å². The first kappa shape index (κ1) is 17.0. The molecule has 0 heterocycles. The fraction of sp³-hybridized carbons (Fsp3) is 0.222. The van der Waals surface area contributed by atoms with Crippen LogP contribution in [0, 0.1) is 0 Å². The first-order chi connectivity index (χ1) is 10.8. The van der Waals surface area contributed by atoms with Gasteiger partial charge >= 0.3 is 6.09 Å². The number of anilines is 1. The van der Waals surface area contributed by atoms with Crippen molar-refractivity contribution in [1.29, 1.82) is 0 Å². The molecule has 0 saturated heterocycles. The molecule has 0 unspecified atom stereocenters. The summed E-state index contributed by atoms with van der Waals surface area (Å²) in [5.74, 6) is -0.201. The van der Waals surface area contributed by atoms with Gasteiger partial charge in [-0.05, 0) is 39.0 Å². The topological polar surface area (TPSA) is 55.4 Å². The van der Waals surface area contributed by atoms with E-state index in [1.807, 2.05) is 6.07 Å². The lowest BCUT2D eigenvalue weighted by atomic mass is 10.0. The maximum absolute atomic E-state index is 12.6. The van der Waals surface area contributed by atoms with Gasteiger partial charge in [-0.2, -0.15) is 0 Å². The van der Waals surface area contributed by atoms with E-state index in [1.165, 1.54) is 6.07 Å². The molecule has 2 rings (SSSR count). The molecule has 5 heteroatoms. The second-order valence-electron chi connectivity index (χ2n) is 6.01. The smallest absolute Gasteiger partial charge is 0.412 e. The molecule has 0 saturated carbocycles. The highest BCUT2D eigenvalue weighted by Crippen LogP contribution is 2.24. The maximum Gasteiger partial charge on any atom is 0.412 e. The van der Waals surface area contributed by atoms with Crippen LogP contribution in [0.4, 0.5) is 10.5 Å². The van der Waals surface area contributed by atoms with Crippen molar-refractivity contribution in [1.82, 2.24) is 0 Å². The van der Waals surface area contributed by atoms with Crippen molar-refractivity contribution in [2.75, 3.05) is 5.32 Å². The van der Waals surface area contributed by atoms with Gasteiger partial charge in [-0.1, -0.05) is 41.9 Å². The van der Waals surface area contributed by atoms with Crippen LogP contribution in [-0.4, -0.2) is 17.5 Å². The van der Waals surface area contributed by atoms with Gasteiger partial charge in [0.25, 0.3) is 0 Å². The van der Waals surface area contributed by atoms with E-state index in [-0.39, 0.29) is 5.78 Å². The molecule has 23 heavy (non-hydrogen) atoms. The second kappa shape index (κ2) is 6.84. The molecular formula is C18H18ClNO3. The molecule has 0 spiro atoms. The summed E-state index contributed by atoms with van der Waals surface area (Å²) in [5.41, 5.74) is 0.570. The highest BCUT2D eigenvalue weighted by Gasteiger charge is 2.20. The lowest BCUT2D eigenvalue weighted by molar-refractivity contribution is 0.0636. The third-order valence-corrected chi connectivity index (χ3v) is 3.13. The number of carbonyl (C=O) groups is 2. The van der Waals surface area contributed by atoms with E-state index in [4.69, 9.17) is 16.3 Å². The van der Waals surface area contributed by atoms with Crippen LogP contribution >= 0.6 is 11.6 Å². The molecule has 1 amide bonds. The van der Waals surface area contributed by atoms with Crippen molar-refractivity contribution in [2.24, 2.45) is 0 Å². The van der Waals surface area contributed by atoms with Crippen molar-refractivity contribution in [3.05, 3.63) is 64.7 Å². The lowest BCUT2D eigenvalue weighted by Crippen LogP contribution is -2.27. The Labute approximate surface area is 140 Å². The Hall–Kier alpha value is -2.33. The Morgan fingerprint density at radius 2 is 1.70 bits per heavy atom. The maximum atomic E-state index is 12.6. The van der Waals surface area contributed by atoms with Crippen molar-refractivity contribution in [2.45, 2.75) is 26.4 Å². The van der Waals surface area contributed by atoms with Crippen LogP contribution in [-0.2, 0) is 4.74 Å². The molecule has 0 radical (unpaired) electrons. The molecule has 2 aromatic rings. The van der Waals surface area contributed by atoms with Gasteiger partial charge in [0, 0.05) is 16.1 Å². The summed E-state index contributed by atoms with van der Waals surface area (Å²) in [7, 11) is 0. The monoisotopic (exact) mass is 331 g/mol. The Kier molecular flexibility index (Phi) is 5.06. The van der Waals surface area contributed by atoms with Crippen LogP contribution in [0.5, 0.6) is 0 Å². The molecule has 1 N–H and O–H groups in total. The number of carbonyl (C=O) groups excluding carboxylic acids is 2. The predicted molar refractivity (Wildman–Crippen MR) is 91.2 cm³/mol. The number of amides is 1. The standard InChI is InChI=1S/C18H18ClNO3/c1-18(2,3)23-17(22)20-15-11-13(19)9-10-14(15)16(21)12-7-5-4-6-8-12/h4-11H,1-3H3,(H,20,22). The number of hydrogen-bond donors (Lipinski definition) is 1. The third kappa shape index (κ3) is 4.83. The Morgan fingerprint density at radius 3 is 2.30 bits per heavy atom. The molecule has 2 aromatic carbocycles. The number of nitrogens with one attached hydrogen (secondary N) is 1. The Morgan fingerprint density at radius 1 is 1.04 bits per heavy atom. The van der Waals surface area contributed by atoms with Gasteiger partial charge in [-0.15, -0.1) is 0 Å². The van der Waals surface area contributed by atoms with E-state index >= 15 is 0 Å². The molecule has 120 valence electrons. The first-order valence-corrected chi connectivity index (χ1v) is 7.53. The van der Waals surface area contributed by atoms with Gasteiger partial charge in [-0.3, -0.25) is 10.1 Å². The summed E-state index contributed by atoms with van der Waals surface area (Å²) in [6.45, 7) is 5.29. The predicted octanol–water partition coefficient (Wildman–Crippen LogP) is 4.92. The SMILES string of the molecule is CC(C)(C)OC(=O)Nc1cc(Cl)ccc1C(=O)c1ccccc1. The van der Waals surface area contributed by atoms with Crippen LogP contribution in [0.3, 0.4) is 0 Å². The van der Waals surface area contributed by atoms with Gasteiger partial charge in [0.05, 0.1) is 5.69 Å². The zero-order chi connectivity index (χ0) is 17.0. The molecular weight excluding hydrogens is 314 g/mol. The molecule has 0 aliphatic rings. The van der Waals surface area contributed by atoms with Crippen molar-refractivity contribution < 1.29 is 14.3 Å². The number of rotatable bonds is 3. The van der Waals surface area contributed by atoms with E-state index < -0.39 is 11.7 Å². The summed E-state index contributed by atoms with van der Waals surface area (Å²) in [6.07, 6.45) is -0.637. The summed E-state index contributed by atoms with van der Waals surface area (Å²) in [5, 5.41) is 3.01. The number of ether oxygens (including phenoxy) is 1. The fourth-order valence-electron chi connectivity index (χ4n) is 1.98. The van der Waals surface area contributed by atoms with Crippen molar-refractivity contribution >= 4 is 29.2 Å². The van der Waals surface area contributed by atoms with Crippen LogP contribution in [0.2, 0.25) is 5.02 Å². The Bertz CT molecular complexity index is 721. The van der Waals surface area contributed by atoms with Gasteiger partial charge < -0.3 is 4.74 Å². The minimum Gasteiger partial charge on any atom is -0.444 e. The lowest BCUT2D eigenvalue weighted by Gasteiger charge is -2.20. The van der Waals surface area contributed by atoms with E-state index in [0.717, 1.165) is 0 Å². The molecule has 0 aliphatic heterocycles. The quantitative estimate of drug-likeness (QED) is 0.812. The van der Waals surface area contributed by atoms with Gasteiger partial charge in [0.2, 0.25) is 0 Å². The summed E-state index contributed by atoms with van der Waals surface area (Å²) >= 11 is 5.98. The molecule has 0 aliphatic carbocycles. The van der Waals surface area contributed by atoms with Gasteiger partial charge in [0.1, 0.15) is 5.60 Å². The summed E-state index contributed by atoms with van der Waals surface area (Å²) in [4.78, 5) is 24.6. The minimum atomic E-state index is -0.637. The van der Waals surface area contributed by atoms with Crippen LogP contribution < -0.4 is 5.32 Å². The second-order valence-corrected chi connectivity index (χ2v) is 6.45. The number of hydrogen-bond acceptors (Lipinski definition) is 3. The van der Waals surface area contributed by atoms with Crippen molar-refractivity contribution in [3.8, 4) is 0 Å². The first-order valence-electron chi connectivity index (χ1n) is 7.15. The average Bonchev–Trinajstić information content (AvgIpc) is 2.45. The summed E-state index contributed by atoms with van der Waals surface area (Å²) < 4.78 is 5.22. The van der Waals surface area contributed by atoms with E-state index in [9.17, 15) is 9.59 Å². The van der Waals surface area contributed by atoms with Crippen molar-refractivity contribution in [3.63, 3.8) is 0 Å². The molecule has 0 fully saturated rings. The minimum absolute atomic E-state index is 0.201. The number of halogens is 1. The van der Waals surface area contributed by atoms with E-state index in [0.29, 0.717) is 21.8 Å². The average molecular weight is 332 g/mol. The number of benzene rings is 2. The van der Waals surface area contributed by atoms with Gasteiger partial charge in [0.15, 0.2) is 5.78 Å². The highest BCUT2D eigenvalue weighted by atomic mass is 35.5. The summed E-state index contributed by atoms with van der Waals surface area (Å²) in [6, 6.07) is 13.6. The fourth-order valence-corrected chi connectivity index (χ4v) is 2.15. The van der Waals surface area contributed by atoms with Crippen LogP contribution in [0.1, 0.15) is 36.7 Å². The molecule has 4 nitrogen and oxygen atoms in total. The molecule has 0 aromatic heterocycles. The van der Waals surface area contributed by atoms with E-state index in [1.54, 1.807) is 57.2 Å². The molecule has 0 atom stereocenters. The number of ketones is 1. The zero-order valence-electron chi connectivity index (χ0n) is 13.2. The molecule has 0 bridgehead atoms. The highest BCUT2D eigenvalue weighted by molar-refractivity contribution is 6.31. The largest absolute Gasteiger partial charge is 0.444 e. The Balaban J connectivity index is 2.31.